The molecular weight excluding hydrogens is 222 g/mol. The highest BCUT2D eigenvalue weighted by Gasteiger charge is 2.20. The van der Waals surface area contributed by atoms with Crippen molar-refractivity contribution >= 4 is 6.29 Å². The molecule has 0 aliphatic rings. The Morgan fingerprint density at radius 3 is 2.44 bits per heavy atom. The highest BCUT2D eigenvalue weighted by Crippen LogP contribution is 2.28. The number of aryl methyl sites for hydroxylation is 1. The highest BCUT2D eigenvalue weighted by atomic mass is 16.1. The number of hydrogen-bond donors (Lipinski definition) is 0. The Bertz CT molecular complexity index is 401. The molecule has 0 aliphatic carbocycles. The van der Waals surface area contributed by atoms with Gasteiger partial charge in [-0.2, -0.15) is 0 Å². The first-order chi connectivity index (χ1) is 8.41. The summed E-state index contributed by atoms with van der Waals surface area (Å²) >= 11 is 0. The Morgan fingerprint density at radius 1 is 1.28 bits per heavy atom. The van der Waals surface area contributed by atoms with E-state index >= 15 is 0 Å². The summed E-state index contributed by atoms with van der Waals surface area (Å²) < 4.78 is 2.29. The number of carbonyl (C=O) groups excluding carboxylic acids is 1. The summed E-state index contributed by atoms with van der Waals surface area (Å²) in [7, 11) is 0. The molecule has 0 radical (unpaired) electrons. The van der Waals surface area contributed by atoms with Crippen LogP contribution in [0.4, 0.5) is 0 Å². The Kier molecular flexibility index (Phi) is 5.18. The SMILES string of the molecule is CCCCCC(C)(C)Cn1c(C)cc(C=O)c1C. The van der Waals surface area contributed by atoms with Gasteiger partial charge in [-0.15, -0.1) is 0 Å². The second-order valence-electron chi connectivity index (χ2n) is 6.15. The zero-order chi connectivity index (χ0) is 13.8. The van der Waals surface area contributed by atoms with Crippen LogP contribution in [0.5, 0.6) is 0 Å². The smallest absolute Gasteiger partial charge is 0.151 e. The number of nitrogens with zero attached hydrogens (tertiary/aromatic N) is 1. The van der Waals surface area contributed by atoms with E-state index in [1.807, 2.05) is 13.0 Å². The molecule has 0 aromatic carbocycles. The molecule has 0 saturated carbocycles. The van der Waals surface area contributed by atoms with E-state index in [0.717, 1.165) is 24.1 Å². The molecule has 1 rings (SSSR count). The van der Waals surface area contributed by atoms with E-state index in [1.54, 1.807) is 0 Å². The van der Waals surface area contributed by atoms with Gasteiger partial charge in [0.15, 0.2) is 6.29 Å². The van der Waals surface area contributed by atoms with Crippen LogP contribution < -0.4 is 0 Å². The molecule has 0 unspecified atom stereocenters. The summed E-state index contributed by atoms with van der Waals surface area (Å²) in [4.78, 5) is 11.0. The maximum Gasteiger partial charge on any atom is 0.151 e. The fraction of sp³-hybridized carbons (Fsp3) is 0.688. The summed E-state index contributed by atoms with van der Waals surface area (Å²) in [6.45, 7) is 12.0. The molecule has 0 atom stereocenters. The van der Waals surface area contributed by atoms with Gasteiger partial charge in [0.1, 0.15) is 0 Å². The van der Waals surface area contributed by atoms with Gasteiger partial charge >= 0.3 is 0 Å². The Balaban J connectivity index is 2.77. The standard InChI is InChI=1S/C16H27NO/c1-6-7-8-9-16(4,5)12-17-13(2)10-15(11-18)14(17)3/h10-11H,6-9,12H2,1-5H3. The molecule has 102 valence electrons. The van der Waals surface area contributed by atoms with E-state index in [9.17, 15) is 4.79 Å². The van der Waals surface area contributed by atoms with Gasteiger partial charge in [0, 0.05) is 23.5 Å². The molecule has 0 saturated heterocycles. The van der Waals surface area contributed by atoms with Gasteiger partial charge in [0.2, 0.25) is 0 Å². The summed E-state index contributed by atoms with van der Waals surface area (Å²) in [6.07, 6.45) is 6.08. The Labute approximate surface area is 111 Å². The van der Waals surface area contributed by atoms with E-state index in [-0.39, 0.29) is 0 Å². The van der Waals surface area contributed by atoms with Crippen LogP contribution in [-0.4, -0.2) is 10.9 Å². The van der Waals surface area contributed by atoms with Crippen LogP contribution in [0, 0.1) is 19.3 Å². The van der Waals surface area contributed by atoms with Crippen molar-refractivity contribution in [3.05, 3.63) is 23.0 Å². The Morgan fingerprint density at radius 2 is 1.94 bits per heavy atom. The second-order valence-corrected chi connectivity index (χ2v) is 6.15. The van der Waals surface area contributed by atoms with Crippen molar-refractivity contribution < 1.29 is 4.79 Å². The Hall–Kier alpha value is -1.05. The first kappa shape index (κ1) is 15.0. The molecule has 1 heterocycles. The van der Waals surface area contributed by atoms with Crippen molar-refractivity contribution in [2.45, 2.75) is 66.8 Å². The van der Waals surface area contributed by atoms with E-state index in [1.165, 1.54) is 31.4 Å². The van der Waals surface area contributed by atoms with Gasteiger partial charge in [-0.05, 0) is 31.7 Å². The van der Waals surface area contributed by atoms with Gasteiger partial charge < -0.3 is 4.57 Å². The first-order valence-corrected chi connectivity index (χ1v) is 7.03. The number of carbonyl (C=O) groups is 1. The minimum Gasteiger partial charge on any atom is -0.348 e. The first-order valence-electron chi connectivity index (χ1n) is 7.03. The number of hydrogen-bond acceptors (Lipinski definition) is 1. The highest BCUT2D eigenvalue weighted by molar-refractivity contribution is 5.77. The topological polar surface area (TPSA) is 22.0 Å². The quantitative estimate of drug-likeness (QED) is 0.514. The number of unbranched alkanes of at least 4 members (excludes halogenated alkanes) is 2. The van der Waals surface area contributed by atoms with E-state index in [2.05, 4.69) is 32.3 Å². The van der Waals surface area contributed by atoms with Gasteiger partial charge in [-0.3, -0.25) is 4.79 Å². The molecule has 2 nitrogen and oxygen atoms in total. The van der Waals surface area contributed by atoms with Crippen LogP contribution in [0.1, 0.15) is 68.2 Å². The lowest BCUT2D eigenvalue weighted by Crippen LogP contribution is -2.21. The van der Waals surface area contributed by atoms with Gasteiger partial charge in [-0.25, -0.2) is 0 Å². The van der Waals surface area contributed by atoms with Crippen LogP contribution in [-0.2, 0) is 6.54 Å². The summed E-state index contributed by atoms with van der Waals surface area (Å²) in [5.41, 5.74) is 3.42. The van der Waals surface area contributed by atoms with Crippen LogP contribution in [0.15, 0.2) is 6.07 Å². The largest absolute Gasteiger partial charge is 0.348 e. The molecule has 18 heavy (non-hydrogen) atoms. The molecule has 0 fully saturated rings. The van der Waals surface area contributed by atoms with Crippen molar-refractivity contribution in [1.29, 1.82) is 0 Å². The lowest BCUT2D eigenvalue weighted by Gasteiger charge is -2.27. The maximum atomic E-state index is 11.0. The van der Waals surface area contributed by atoms with Gasteiger partial charge in [0.05, 0.1) is 0 Å². The lowest BCUT2D eigenvalue weighted by molar-refractivity contribution is 0.112. The number of rotatable bonds is 7. The van der Waals surface area contributed by atoms with Gasteiger partial charge in [0.25, 0.3) is 0 Å². The minimum atomic E-state index is 0.296. The minimum absolute atomic E-state index is 0.296. The second kappa shape index (κ2) is 6.21. The maximum absolute atomic E-state index is 11.0. The van der Waals surface area contributed by atoms with E-state index in [0.29, 0.717) is 5.41 Å². The lowest BCUT2D eigenvalue weighted by atomic mass is 9.86. The number of aromatic nitrogens is 1. The van der Waals surface area contributed by atoms with Crippen molar-refractivity contribution in [1.82, 2.24) is 4.57 Å². The summed E-state index contributed by atoms with van der Waals surface area (Å²) in [5.74, 6) is 0. The van der Waals surface area contributed by atoms with E-state index < -0.39 is 0 Å². The third-order valence-corrected chi connectivity index (χ3v) is 3.78. The van der Waals surface area contributed by atoms with Crippen LogP contribution in [0.3, 0.4) is 0 Å². The zero-order valence-corrected chi connectivity index (χ0v) is 12.5. The van der Waals surface area contributed by atoms with Crippen molar-refractivity contribution in [2.24, 2.45) is 5.41 Å². The molecule has 1 aromatic heterocycles. The predicted molar refractivity (Wildman–Crippen MR) is 77.2 cm³/mol. The molecule has 0 aliphatic heterocycles. The molecule has 2 heteroatoms. The van der Waals surface area contributed by atoms with Crippen LogP contribution in [0.2, 0.25) is 0 Å². The average Bonchev–Trinajstić information content (AvgIpc) is 2.56. The zero-order valence-electron chi connectivity index (χ0n) is 12.5. The molecule has 0 spiro atoms. The number of aldehydes is 1. The molecule has 0 N–H and O–H groups in total. The van der Waals surface area contributed by atoms with Crippen molar-refractivity contribution in [3.8, 4) is 0 Å². The normalized spacial score (nSPS) is 11.8. The van der Waals surface area contributed by atoms with Crippen molar-refractivity contribution in [2.75, 3.05) is 0 Å². The van der Waals surface area contributed by atoms with Gasteiger partial charge in [-0.1, -0.05) is 40.0 Å². The van der Waals surface area contributed by atoms with Crippen LogP contribution in [0.25, 0.3) is 0 Å². The summed E-state index contributed by atoms with van der Waals surface area (Å²) in [6, 6.07) is 1.99. The fourth-order valence-corrected chi connectivity index (χ4v) is 2.55. The van der Waals surface area contributed by atoms with Crippen molar-refractivity contribution in [3.63, 3.8) is 0 Å². The molecular formula is C16H27NO. The van der Waals surface area contributed by atoms with E-state index in [4.69, 9.17) is 0 Å². The van der Waals surface area contributed by atoms with Crippen LogP contribution >= 0.6 is 0 Å². The monoisotopic (exact) mass is 249 g/mol. The predicted octanol–water partition coefficient (Wildman–Crippen LogP) is 4.52. The fourth-order valence-electron chi connectivity index (χ4n) is 2.55. The summed E-state index contributed by atoms with van der Waals surface area (Å²) in [5, 5.41) is 0. The molecule has 0 bridgehead atoms. The molecule has 1 aromatic rings. The third-order valence-electron chi connectivity index (χ3n) is 3.78. The average molecular weight is 249 g/mol. The third kappa shape index (κ3) is 3.72. The molecule has 0 amide bonds.